The lowest BCUT2D eigenvalue weighted by atomic mass is 9.68. The van der Waals surface area contributed by atoms with Gasteiger partial charge in [0.15, 0.2) is 0 Å². The highest BCUT2D eigenvalue weighted by molar-refractivity contribution is 9.10. The largest absolute Gasteiger partial charge is 0.390 e. The van der Waals surface area contributed by atoms with Crippen LogP contribution in [0.4, 0.5) is 0 Å². The molecule has 2 rings (SSSR count). The molecule has 0 atom stereocenters. The van der Waals surface area contributed by atoms with Crippen molar-refractivity contribution in [3.63, 3.8) is 0 Å². The zero-order valence-electron chi connectivity index (χ0n) is 10.2. The molecule has 1 saturated carbocycles. The summed E-state index contributed by atoms with van der Waals surface area (Å²) in [6.45, 7) is 3.77. The van der Waals surface area contributed by atoms with Gasteiger partial charge in [-0.3, -0.25) is 0 Å². The monoisotopic (exact) mass is 292 g/mol. The zero-order chi connectivity index (χ0) is 12.5. The summed E-state index contributed by atoms with van der Waals surface area (Å²) in [4.78, 5) is 0. The van der Waals surface area contributed by atoms with E-state index in [1.54, 1.807) is 0 Å². The highest BCUT2D eigenvalue weighted by Gasteiger charge is 2.37. The van der Waals surface area contributed by atoms with E-state index in [9.17, 15) is 5.11 Å². The third kappa shape index (κ3) is 3.34. The van der Waals surface area contributed by atoms with Crippen LogP contribution in [-0.4, -0.2) is 10.7 Å². The molecule has 0 aliphatic heterocycles. The summed E-state index contributed by atoms with van der Waals surface area (Å²) in [7, 11) is 0. The molecule has 1 aliphatic rings. The number of hydrogen-bond acceptors (Lipinski definition) is 1. The molecule has 0 radical (unpaired) electrons. The van der Waals surface area contributed by atoms with Crippen LogP contribution in [0.1, 0.15) is 32.3 Å². The van der Waals surface area contributed by atoms with Crippen molar-refractivity contribution in [3.8, 4) is 11.8 Å². The summed E-state index contributed by atoms with van der Waals surface area (Å²) in [5, 5.41) is 9.82. The van der Waals surface area contributed by atoms with E-state index < -0.39 is 5.60 Å². The predicted octanol–water partition coefficient (Wildman–Crippen LogP) is 3.60. The van der Waals surface area contributed by atoms with Crippen molar-refractivity contribution >= 4 is 15.9 Å². The van der Waals surface area contributed by atoms with Gasteiger partial charge in [-0.05, 0) is 56.9 Å². The minimum absolute atomic E-state index is 0.409. The Hall–Kier alpha value is -0.780. The Labute approximate surface area is 111 Å². The van der Waals surface area contributed by atoms with Crippen LogP contribution in [0, 0.1) is 23.7 Å². The third-order valence-corrected chi connectivity index (χ3v) is 3.93. The van der Waals surface area contributed by atoms with Gasteiger partial charge in [0.1, 0.15) is 0 Å². The maximum absolute atomic E-state index is 9.82. The summed E-state index contributed by atoms with van der Waals surface area (Å²) in [5.41, 5.74) is 0.510. The van der Waals surface area contributed by atoms with Crippen molar-refractivity contribution in [3.05, 3.63) is 34.3 Å². The first-order chi connectivity index (χ1) is 7.95. The summed E-state index contributed by atoms with van der Waals surface area (Å²) in [6.07, 6.45) is 2.04. The van der Waals surface area contributed by atoms with Crippen LogP contribution >= 0.6 is 15.9 Å². The standard InChI is InChI=1S/C15H17BrO/c1-15(2,17)13-9-12(10-13)4-3-11-5-7-14(16)8-6-11/h5-8,12-13,17H,9-10H2,1-2H3. The number of aliphatic hydroxyl groups is 1. The van der Waals surface area contributed by atoms with Crippen LogP contribution < -0.4 is 0 Å². The molecule has 0 heterocycles. The minimum Gasteiger partial charge on any atom is -0.390 e. The lowest BCUT2D eigenvalue weighted by Crippen LogP contribution is -2.40. The molecule has 1 aliphatic carbocycles. The van der Waals surface area contributed by atoms with E-state index in [4.69, 9.17) is 0 Å². The van der Waals surface area contributed by atoms with Gasteiger partial charge in [-0.1, -0.05) is 27.8 Å². The average Bonchev–Trinajstić information content (AvgIpc) is 2.16. The molecular weight excluding hydrogens is 276 g/mol. The predicted molar refractivity (Wildman–Crippen MR) is 73.5 cm³/mol. The SMILES string of the molecule is CC(C)(O)C1CC(C#Cc2ccc(Br)cc2)C1. The maximum atomic E-state index is 9.82. The van der Waals surface area contributed by atoms with Gasteiger partial charge >= 0.3 is 0 Å². The molecule has 17 heavy (non-hydrogen) atoms. The summed E-state index contributed by atoms with van der Waals surface area (Å²) in [5.74, 6) is 7.34. The van der Waals surface area contributed by atoms with Crippen LogP contribution in [0.2, 0.25) is 0 Å². The number of halogens is 1. The first-order valence-electron chi connectivity index (χ1n) is 5.94. The Morgan fingerprint density at radius 2 is 1.82 bits per heavy atom. The zero-order valence-corrected chi connectivity index (χ0v) is 11.8. The topological polar surface area (TPSA) is 20.2 Å². The molecule has 0 amide bonds. The average molecular weight is 293 g/mol. The number of benzene rings is 1. The number of rotatable bonds is 1. The Morgan fingerprint density at radius 3 is 2.35 bits per heavy atom. The van der Waals surface area contributed by atoms with Crippen molar-refractivity contribution < 1.29 is 5.11 Å². The second kappa shape index (κ2) is 4.84. The fraction of sp³-hybridized carbons (Fsp3) is 0.467. The van der Waals surface area contributed by atoms with E-state index in [0.717, 1.165) is 22.9 Å². The van der Waals surface area contributed by atoms with E-state index in [-0.39, 0.29) is 0 Å². The molecular formula is C15H17BrO. The Morgan fingerprint density at radius 1 is 1.24 bits per heavy atom. The second-order valence-electron chi connectivity index (χ2n) is 5.30. The van der Waals surface area contributed by atoms with Gasteiger partial charge in [-0.15, -0.1) is 0 Å². The van der Waals surface area contributed by atoms with Gasteiger partial charge < -0.3 is 5.11 Å². The molecule has 1 N–H and O–H groups in total. The highest BCUT2D eigenvalue weighted by atomic mass is 79.9. The van der Waals surface area contributed by atoms with Crippen LogP contribution in [0.5, 0.6) is 0 Å². The summed E-state index contributed by atoms with van der Waals surface area (Å²) in [6, 6.07) is 8.04. The second-order valence-corrected chi connectivity index (χ2v) is 6.21. The van der Waals surface area contributed by atoms with Gasteiger partial charge in [0.2, 0.25) is 0 Å². The van der Waals surface area contributed by atoms with Crippen molar-refractivity contribution in [1.82, 2.24) is 0 Å². The summed E-state index contributed by atoms with van der Waals surface area (Å²) < 4.78 is 1.08. The first-order valence-corrected chi connectivity index (χ1v) is 6.74. The van der Waals surface area contributed by atoms with Gasteiger partial charge in [0.05, 0.1) is 5.60 Å². The fourth-order valence-electron chi connectivity index (χ4n) is 2.03. The molecule has 1 aromatic carbocycles. The van der Waals surface area contributed by atoms with E-state index in [0.29, 0.717) is 11.8 Å². The van der Waals surface area contributed by atoms with Crippen molar-refractivity contribution in [2.24, 2.45) is 11.8 Å². The Balaban J connectivity index is 1.91. The normalized spacial score (nSPS) is 23.5. The van der Waals surface area contributed by atoms with Gasteiger partial charge in [0, 0.05) is 16.0 Å². The third-order valence-electron chi connectivity index (χ3n) is 3.40. The van der Waals surface area contributed by atoms with Crippen LogP contribution in [0.3, 0.4) is 0 Å². The lowest BCUT2D eigenvalue weighted by Gasteiger charge is -2.40. The number of hydrogen-bond donors (Lipinski definition) is 1. The smallest absolute Gasteiger partial charge is 0.0620 e. The molecule has 0 spiro atoms. The van der Waals surface area contributed by atoms with Crippen molar-refractivity contribution in [2.45, 2.75) is 32.3 Å². The first kappa shape index (κ1) is 12.7. The molecule has 90 valence electrons. The van der Waals surface area contributed by atoms with Gasteiger partial charge in [0.25, 0.3) is 0 Å². The minimum atomic E-state index is -0.546. The molecule has 0 aromatic heterocycles. The highest BCUT2D eigenvalue weighted by Crippen LogP contribution is 2.40. The van der Waals surface area contributed by atoms with Gasteiger partial charge in [-0.25, -0.2) is 0 Å². The quantitative estimate of drug-likeness (QED) is 0.784. The van der Waals surface area contributed by atoms with Crippen molar-refractivity contribution in [1.29, 1.82) is 0 Å². The van der Waals surface area contributed by atoms with Crippen LogP contribution in [0.25, 0.3) is 0 Å². The molecule has 1 nitrogen and oxygen atoms in total. The molecule has 1 aromatic rings. The van der Waals surface area contributed by atoms with E-state index in [2.05, 4.69) is 27.8 Å². The Bertz CT molecular complexity index is 439. The maximum Gasteiger partial charge on any atom is 0.0620 e. The molecule has 2 heteroatoms. The molecule has 0 saturated heterocycles. The van der Waals surface area contributed by atoms with Crippen LogP contribution in [-0.2, 0) is 0 Å². The Kier molecular flexibility index (Phi) is 3.61. The lowest BCUT2D eigenvalue weighted by molar-refractivity contribution is -0.0315. The fourth-order valence-corrected chi connectivity index (χ4v) is 2.30. The van der Waals surface area contributed by atoms with Crippen molar-refractivity contribution in [2.75, 3.05) is 0 Å². The van der Waals surface area contributed by atoms with Crippen LogP contribution in [0.15, 0.2) is 28.7 Å². The van der Waals surface area contributed by atoms with E-state index >= 15 is 0 Å². The molecule has 1 fully saturated rings. The molecule has 0 unspecified atom stereocenters. The molecule has 0 bridgehead atoms. The summed E-state index contributed by atoms with van der Waals surface area (Å²) >= 11 is 3.40. The van der Waals surface area contributed by atoms with E-state index in [1.807, 2.05) is 38.1 Å². The van der Waals surface area contributed by atoms with E-state index in [1.165, 1.54) is 0 Å². The van der Waals surface area contributed by atoms with Gasteiger partial charge in [-0.2, -0.15) is 0 Å².